The van der Waals surface area contributed by atoms with Gasteiger partial charge in [-0.05, 0) is 96.9 Å². The molecule has 1 spiro atoms. The van der Waals surface area contributed by atoms with Gasteiger partial charge in [0.05, 0.1) is 5.56 Å². The van der Waals surface area contributed by atoms with E-state index in [1.165, 1.54) is 62.3 Å². The van der Waals surface area contributed by atoms with E-state index in [2.05, 4.69) is 48.6 Å². The van der Waals surface area contributed by atoms with Crippen LogP contribution in [0.5, 0.6) is 5.75 Å². The lowest BCUT2D eigenvalue weighted by Crippen LogP contribution is -2.62. The van der Waals surface area contributed by atoms with E-state index in [1.54, 1.807) is 4.90 Å². The van der Waals surface area contributed by atoms with Gasteiger partial charge in [-0.2, -0.15) is 0 Å². The normalized spacial score (nSPS) is 18.5. The van der Waals surface area contributed by atoms with Crippen LogP contribution >= 0.6 is 0 Å². The topological polar surface area (TPSA) is 72.2 Å². The molecule has 2 fully saturated rings. The van der Waals surface area contributed by atoms with Crippen molar-refractivity contribution in [2.75, 3.05) is 32.7 Å². The van der Waals surface area contributed by atoms with Gasteiger partial charge in [0.2, 0.25) is 0 Å². The fourth-order valence-corrected chi connectivity index (χ4v) is 7.19. The van der Waals surface area contributed by atoms with Crippen molar-refractivity contribution < 1.29 is 13.9 Å². The molecule has 46 heavy (non-hydrogen) atoms. The van der Waals surface area contributed by atoms with Crippen LogP contribution < -0.4 is 4.74 Å². The van der Waals surface area contributed by atoms with E-state index >= 15 is 0 Å². The third-order valence-electron chi connectivity index (χ3n) is 9.65. The number of aliphatic imine (C=N–C) groups is 1. The van der Waals surface area contributed by atoms with Crippen molar-refractivity contribution in [2.45, 2.75) is 119 Å². The highest BCUT2D eigenvalue weighted by Gasteiger charge is 2.50. The molecule has 2 heterocycles. The average molecular weight is 638 g/mol. The largest absolute Gasteiger partial charge is 0.478 e. The van der Waals surface area contributed by atoms with Crippen LogP contribution in [-0.2, 0) is 0 Å². The predicted octanol–water partition coefficient (Wildman–Crippen LogP) is 8.36. The number of hydrogen-bond acceptors (Lipinski definition) is 4. The van der Waals surface area contributed by atoms with E-state index in [-0.39, 0.29) is 22.9 Å². The molecule has 0 aromatic heterocycles. The van der Waals surface area contributed by atoms with Gasteiger partial charge < -0.3 is 14.5 Å². The molecule has 1 aromatic carbocycles. The molecule has 0 aliphatic carbocycles. The molecule has 3 rings (SSSR count). The average Bonchev–Trinajstić information content (AvgIpc) is 3.44. The van der Waals surface area contributed by atoms with Crippen molar-refractivity contribution in [1.82, 2.24) is 14.7 Å². The van der Waals surface area contributed by atoms with Gasteiger partial charge >= 0.3 is 0 Å². The molecule has 1 N–H and O–H groups in total. The second-order valence-electron chi connectivity index (χ2n) is 14.0. The lowest BCUT2D eigenvalue weighted by atomic mass is 9.76. The molecule has 256 valence electrons. The number of amides is 1. The smallest absolute Gasteiger partial charge is 0.257 e. The lowest BCUT2D eigenvalue weighted by Gasteiger charge is -2.53. The number of allylic oxidation sites excluding steroid dienone is 3. The highest BCUT2D eigenvalue weighted by Crippen LogP contribution is 2.43. The Balaban J connectivity index is 1.71. The van der Waals surface area contributed by atoms with Crippen LogP contribution in [-0.4, -0.2) is 83.7 Å². The van der Waals surface area contributed by atoms with Crippen LogP contribution in [0.2, 0.25) is 0 Å². The van der Waals surface area contributed by atoms with E-state index in [0.717, 1.165) is 38.9 Å². The standard InChI is InChI=1S/C38H60FN5O2/c1-9-12-16-30(8)17-13-14-18-33(28(4)5)43-25-38(26-43)21-22-42(24-38)36(41-27-40)35(15-10-2)46-34-20-19-31(39)23-32(34)37(45)44(11-3)29(6)7/h10,15-16,19-20,23,27-29,33,35,40H,9,11-14,17-18,21-22,24-26H2,1-8H3/b15-10-,30-16+,40-27?,41-36?/t33-,35?/m1/s1. The zero-order valence-electron chi connectivity index (χ0n) is 29.8. The van der Waals surface area contributed by atoms with Gasteiger partial charge in [0.1, 0.15) is 17.9 Å². The van der Waals surface area contributed by atoms with Crippen molar-refractivity contribution in [3.63, 3.8) is 0 Å². The van der Waals surface area contributed by atoms with Gasteiger partial charge in [-0.15, -0.1) is 0 Å². The van der Waals surface area contributed by atoms with Gasteiger partial charge in [-0.3, -0.25) is 15.1 Å². The van der Waals surface area contributed by atoms with Crippen LogP contribution in [0.3, 0.4) is 0 Å². The fourth-order valence-electron chi connectivity index (χ4n) is 7.19. The molecule has 1 amide bonds. The summed E-state index contributed by atoms with van der Waals surface area (Å²) in [7, 11) is 0. The molecular weight excluding hydrogens is 577 g/mol. The van der Waals surface area contributed by atoms with Crippen LogP contribution in [0.1, 0.15) is 111 Å². The highest BCUT2D eigenvalue weighted by atomic mass is 19.1. The number of benzene rings is 1. The fraction of sp³-hybridized carbons (Fsp3) is 0.658. The number of carbonyl (C=O) groups is 1. The molecule has 2 aliphatic heterocycles. The van der Waals surface area contributed by atoms with Crippen LogP contribution in [0.25, 0.3) is 0 Å². The number of rotatable bonds is 17. The number of carbonyl (C=O) groups excluding carboxylic acids is 1. The molecule has 7 nitrogen and oxygen atoms in total. The van der Waals surface area contributed by atoms with E-state index in [9.17, 15) is 9.18 Å². The number of likely N-dealkylation sites (tertiary alicyclic amines) is 2. The first kappa shape index (κ1) is 37.5. The summed E-state index contributed by atoms with van der Waals surface area (Å²) in [5.74, 6) is 0.816. The Labute approximate surface area is 278 Å². The summed E-state index contributed by atoms with van der Waals surface area (Å²) in [4.78, 5) is 24.6. The van der Waals surface area contributed by atoms with Crippen molar-refractivity contribution in [2.24, 2.45) is 16.3 Å². The van der Waals surface area contributed by atoms with Crippen molar-refractivity contribution in [3.05, 3.63) is 53.4 Å². The summed E-state index contributed by atoms with van der Waals surface area (Å²) in [5.41, 5.74) is 1.92. The highest BCUT2D eigenvalue weighted by molar-refractivity contribution is 5.98. The van der Waals surface area contributed by atoms with Crippen molar-refractivity contribution in [1.29, 1.82) is 5.41 Å². The van der Waals surface area contributed by atoms with Crippen LogP contribution in [0, 0.1) is 22.6 Å². The number of amidine groups is 1. The van der Waals surface area contributed by atoms with E-state index < -0.39 is 11.9 Å². The van der Waals surface area contributed by atoms with Gasteiger partial charge in [0.25, 0.3) is 5.91 Å². The number of nitrogens with one attached hydrogen (secondary N) is 1. The Morgan fingerprint density at radius 3 is 2.52 bits per heavy atom. The van der Waals surface area contributed by atoms with Crippen molar-refractivity contribution in [3.8, 4) is 5.75 Å². The molecule has 2 saturated heterocycles. The number of unbranched alkanes of at least 4 members (excludes halogenated alkanes) is 2. The Bertz CT molecular complexity index is 1230. The maximum Gasteiger partial charge on any atom is 0.257 e. The third-order valence-corrected chi connectivity index (χ3v) is 9.65. The summed E-state index contributed by atoms with van der Waals surface area (Å²) in [6.45, 7) is 21.3. The Kier molecular flexibility index (Phi) is 14.5. The molecule has 0 bridgehead atoms. The molecule has 0 radical (unpaired) electrons. The molecule has 1 unspecified atom stereocenters. The lowest BCUT2D eigenvalue weighted by molar-refractivity contribution is -0.0384. The minimum Gasteiger partial charge on any atom is -0.478 e. The van der Waals surface area contributed by atoms with Gasteiger partial charge in [0, 0.05) is 50.2 Å². The summed E-state index contributed by atoms with van der Waals surface area (Å²) in [6, 6.07) is 4.66. The Morgan fingerprint density at radius 1 is 1.17 bits per heavy atom. The quantitative estimate of drug-likeness (QED) is 0.0806. The second-order valence-corrected chi connectivity index (χ2v) is 14.0. The van der Waals surface area contributed by atoms with Gasteiger partial charge in [-0.1, -0.05) is 51.3 Å². The zero-order valence-corrected chi connectivity index (χ0v) is 29.8. The molecule has 1 aromatic rings. The summed E-state index contributed by atoms with van der Waals surface area (Å²) in [5, 5.41) is 7.86. The van der Waals surface area contributed by atoms with Crippen LogP contribution in [0.4, 0.5) is 4.39 Å². The third kappa shape index (κ3) is 9.76. The molecule has 2 aliphatic rings. The van der Waals surface area contributed by atoms with E-state index in [0.29, 0.717) is 30.1 Å². The first-order chi connectivity index (χ1) is 22.0. The Morgan fingerprint density at radius 2 is 1.91 bits per heavy atom. The number of ether oxygens (including phenoxy) is 1. The number of halogens is 1. The van der Waals surface area contributed by atoms with Gasteiger partial charge in [-0.25, -0.2) is 9.38 Å². The zero-order chi connectivity index (χ0) is 33.9. The SMILES string of the molecule is C/C=C\C(Oc1ccc(F)cc1C(=O)N(CC)C(C)C)C(=NC=N)N1CCC2(C1)CN([C@H](CCCC/C(C)=C/CCC)C(C)C)C2. The summed E-state index contributed by atoms with van der Waals surface area (Å²) < 4.78 is 20.9. The first-order valence-corrected chi connectivity index (χ1v) is 17.6. The van der Waals surface area contributed by atoms with Gasteiger partial charge in [0.15, 0.2) is 11.9 Å². The van der Waals surface area contributed by atoms with Crippen LogP contribution in [0.15, 0.2) is 47.0 Å². The minimum absolute atomic E-state index is 0.0370. The predicted molar refractivity (Wildman–Crippen MR) is 190 cm³/mol. The van der Waals surface area contributed by atoms with Crippen molar-refractivity contribution >= 4 is 18.1 Å². The van der Waals surface area contributed by atoms with E-state index in [4.69, 9.17) is 10.1 Å². The Hall–Kier alpha value is -3.00. The minimum atomic E-state index is -0.623. The first-order valence-electron chi connectivity index (χ1n) is 17.6. The molecule has 0 saturated carbocycles. The number of hydrogen-bond donors (Lipinski definition) is 1. The van der Waals surface area contributed by atoms with E-state index in [1.807, 2.05) is 39.8 Å². The molecule has 2 atom stereocenters. The molecular formula is C38H60FN5O2. The molecule has 8 heteroatoms. The maximum atomic E-state index is 14.4. The number of nitrogens with zero attached hydrogens (tertiary/aromatic N) is 4. The monoisotopic (exact) mass is 637 g/mol. The summed E-state index contributed by atoms with van der Waals surface area (Å²) in [6.07, 6.45) is 15.1. The second kappa shape index (κ2) is 17.8. The maximum absolute atomic E-state index is 14.4. The summed E-state index contributed by atoms with van der Waals surface area (Å²) >= 11 is 0.